The number of aromatic amines is 1. The van der Waals surface area contributed by atoms with Crippen LogP contribution in [0.2, 0.25) is 0 Å². The van der Waals surface area contributed by atoms with Gasteiger partial charge in [-0.25, -0.2) is 4.79 Å². The maximum absolute atomic E-state index is 12.9. The van der Waals surface area contributed by atoms with Crippen molar-refractivity contribution in [3.05, 3.63) is 60.3 Å². The van der Waals surface area contributed by atoms with Crippen LogP contribution in [0.25, 0.3) is 10.9 Å². The van der Waals surface area contributed by atoms with Crippen molar-refractivity contribution in [2.45, 2.75) is 12.5 Å². The van der Waals surface area contributed by atoms with Crippen LogP contribution in [0.1, 0.15) is 5.56 Å². The Morgan fingerprint density at radius 2 is 1.76 bits per heavy atom. The third kappa shape index (κ3) is 4.05. The summed E-state index contributed by atoms with van der Waals surface area (Å²) in [4.78, 5) is 46.5. The highest BCUT2D eigenvalue weighted by atomic mass is 16.5. The fourth-order valence-electron chi connectivity index (χ4n) is 4.71. The number of aromatic nitrogens is 1. The summed E-state index contributed by atoms with van der Waals surface area (Å²) in [6.45, 7) is 2.08. The van der Waals surface area contributed by atoms with Crippen LogP contribution in [0.4, 0.5) is 10.5 Å². The molecule has 9 heteroatoms. The normalized spacial score (nSPS) is 18.5. The molecule has 9 nitrogen and oxygen atoms in total. The van der Waals surface area contributed by atoms with Crippen molar-refractivity contribution in [1.82, 2.24) is 20.1 Å². The highest BCUT2D eigenvalue weighted by molar-refractivity contribution is 6.06. The van der Waals surface area contributed by atoms with E-state index in [0.29, 0.717) is 32.6 Å². The summed E-state index contributed by atoms with van der Waals surface area (Å²) >= 11 is 0. The zero-order valence-electron chi connectivity index (χ0n) is 19.0. The first-order valence-corrected chi connectivity index (χ1v) is 11.4. The zero-order valence-corrected chi connectivity index (χ0v) is 19.0. The Morgan fingerprint density at radius 1 is 1.03 bits per heavy atom. The fraction of sp³-hybridized carbons (Fsp3) is 0.320. The van der Waals surface area contributed by atoms with E-state index in [-0.39, 0.29) is 18.4 Å². The molecule has 2 aliphatic heterocycles. The topological polar surface area (TPSA) is 98.0 Å². The highest BCUT2D eigenvalue weighted by Crippen LogP contribution is 2.28. The molecule has 5 rings (SSSR count). The van der Waals surface area contributed by atoms with Crippen LogP contribution < -0.4 is 15.0 Å². The predicted octanol–water partition coefficient (Wildman–Crippen LogP) is 1.99. The lowest BCUT2D eigenvalue weighted by Gasteiger charge is -2.37. The van der Waals surface area contributed by atoms with Gasteiger partial charge in [-0.3, -0.25) is 14.5 Å². The largest absolute Gasteiger partial charge is 0.495 e. The van der Waals surface area contributed by atoms with Gasteiger partial charge in [0.15, 0.2) is 0 Å². The number of urea groups is 1. The number of nitrogens with one attached hydrogen (secondary N) is 2. The number of ether oxygens (including phenoxy) is 1. The summed E-state index contributed by atoms with van der Waals surface area (Å²) in [6, 6.07) is 14.4. The highest BCUT2D eigenvalue weighted by Gasteiger charge is 2.40. The van der Waals surface area contributed by atoms with Crippen LogP contribution in [0.5, 0.6) is 5.75 Å². The number of methoxy groups -OCH3 is 1. The number of anilines is 1. The number of imide groups is 1. The lowest BCUT2D eigenvalue weighted by molar-refractivity contribution is -0.137. The van der Waals surface area contributed by atoms with Crippen molar-refractivity contribution < 1.29 is 19.1 Å². The van der Waals surface area contributed by atoms with Crippen LogP contribution in [0.3, 0.4) is 0 Å². The molecule has 34 heavy (non-hydrogen) atoms. The number of benzene rings is 2. The molecule has 3 heterocycles. The maximum Gasteiger partial charge on any atom is 0.325 e. The van der Waals surface area contributed by atoms with E-state index in [1.807, 2.05) is 54.7 Å². The Balaban J connectivity index is 1.19. The summed E-state index contributed by atoms with van der Waals surface area (Å²) in [5, 5.41) is 3.76. The molecule has 0 aliphatic carbocycles. The van der Waals surface area contributed by atoms with Crippen molar-refractivity contribution >= 4 is 34.4 Å². The molecule has 1 aromatic heterocycles. The lowest BCUT2D eigenvalue weighted by Crippen LogP contribution is -2.52. The van der Waals surface area contributed by atoms with Gasteiger partial charge < -0.3 is 24.8 Å². The molecule has 1 unspecified atom stereocenters. The summed E-state index contributed by atoms with van der Waals surface area (Å²) in [5.74, 6) is 0.204. The molecule has 3 aromatic rings. The van der Waals surface area contributed by atoms with Crippen LogP contribution in [0, 0.1) is 0 Å². The minimum absolute atomic E-state index is 0.226. The predicted molar refractivity (Wildman–Crippen MR) is 128 cm³/mol. The van der Waals surface area contributed by atoms with Crippen molar-refractivity contribution in [1.29, 1.82) is 0 Å². The number of hydrogen-bond acceptors (Lipinski definition) is 5. The number of fused-ring (bicyclic) bond motifs is 1. The summed E-state index contributed by atoms with van der Waals surface area (Å²) in [7, 11) is 1.64. The Labute approximate surface area is 197 Å². The number of carbonyl (C=O) groups excluding carboxylic acids is 3. The monoisotopic (exact) mass is 461 g/mol. The van der Waals surface area contributed by atoms with Crippen molar-refractivity contribution in [2.75, 3.05) is 44.7 Å². The first-order valence-electron chi connectivity index (χ1n) is 11.4. The summed E-state index contributed by atoms with van der Waals surface area (Å²) in [5.41, 5.74) is 2.93. The van der Waals surface area contributed by atoms with Crippen LogP contribution in [-0.4, -0.2) is 78.5 Å². The lowest BCUT2D eigenvalue weighted by atomic mass is 10.1. The van der Waals surface area contributed by atoms with E-state index in [1.165, 1.54) is 0 Å². The third-order valence-electron chi connectivity index (χ3n) is 6.56. The molecule has 0 bridgehead atoms. The number of amides is 4. The van der Waals surface area contributed by atoms with E-state index in [4.69, 9.17) is 4.74 Å². The summed E-state index contributed by atoms with van der Waals surface area (Å²) in [6.07, 6.45) is 2.23. The number of H-pyrrole nitrogens is 1. The first kappa shape index (κ1) is 21.8. The molecule has 176 valence electrons. The number of piperazine rings is 1. The van der Waals surface area contributed by atoms with Crippen molar-refractivity contribution in [2.24, 2.45) is 0 Å². The second-order valence-corrected chi connectivity index (χ2v) is 8.53. The zero-order chi connectivity index (χ0) is 23.7. The van der Waals surface area contributed by atoms with Gasteiger partial charge in [0.05, 0.1) is 12.8 Å². The van der Waals surface area contributed by atoms with E-state index < -0.39 is 12.1 Å². The number of carbonyl (C=O) groups is 3. The van der Waals surface area contributed by atoms with E-state index in [1.54, 1.807) is 12.0 Å². The van der Waals surface area contributed by atoms with E-state index in [2.05, 4.69) is 15.2 Å². The number of nitrogens with zero attached hydrogens (tertiary/aromatic N) is 3. The molecule has 2 aromatic carbocycles. The van der Waals surface area contributed by atoms with Gasteiger partial charge in [-0.05, 0) is 23.8 Å². The molecule has 0 spiro atoms. The molecular weight excluding hydrogens is 434 g/mol. The SMILES string of the molecule is COc1ccccc1N1CCN(C(=O)CN2C(=O)NC(Cc3c[nH]c4ccccc34)C2=O)CC1. The standard InChI is InChI=1S/C25H27N5O4/c1-34-22-9-5-4-8-21(22)28-10-12-29(13-11-28)23(31)16-30-24(32)20(27-25(30)33)14-17-15-26-19-7-3-2-6-18(17)19/h2-9,15,20,26H,10-14,16H2,1H3,(H,27,33). The fourth-order valence-corrected chi connectivity index (χ4v) is 4.71. The smallest absolute Gasteiger partial charge is 0.325 e. The van der Waals surface area contributed by atoms with Gasteiger partial charge in [-0.2, -0.15) is 0 Å². The van der Waals surface area contributed by atoms with Crippen LogP contribution in [-0.2, 0) is 16.0 Å². The van der Waals surface area contributed by atoms with Gasteiger partial charge in [-0.1, -0.05) is 30.3 Å². The molecular formula is C25H27N5O4. The van der Waals surface area contributed by atoms with E-state index in [0.717, 1.165) is 32.8 Å². The van der Waals surface area contributed by atoms with E-state index in [9.17, 15) is 14.4 Å². The molecule has 0 radical (unpaired) electrons. The molecule has 1 atom stereocenters. The Kier molecular flexibility index (Phi) is 5.83. The van der Waals surface area contributed by atoms with E-state index >= 15 is 0 Å². The number of hydrogen-bond donors (Lipinski definition) is 2. The van der Waals surface area contributed by atoms with Crippen LogP contribution >= 0.6 is 0 Å². The van der Waals surface area contributed by atoms with Gasteiger partial charge in [0.2, 0.25) is 5.91 Å². The van der Waals surface area contributed by atoms with Crippen molar-refractivity contribution in [3.8, 4) is 5.75 Å². The molecule has 2 fully saturated rings. The second-order valence-electron chi connectivity index (χ2n) is 8.53. The Hall–Kier alpha value is -4.01. The molecule has 4 amide bonds. The van der Waals surface area contributed by atoms with Gasteiger partial charge in [0, 0.05) is 49.7 Å². The van der Waals surface area contributed by atoms with Crippen molar-refractivity contribution in [3.63, 3.8) is 0 Å². The first-order chi connectivity index (χ1) is 16.5. The van der Waals surface area contributed by atoms with Gasteiger partial charge in [0.25, 0.3) is 5.91 Å². The van der Waals surface area contributed by atoms with Crippen LogP contribution in [0.15, 0.2) is 54.7 Å². The quantitative estimate of drug-likeness (QED) is 0.547. The van der Waals surface area contributed by atoms with Gasteiger partial charge >= 0.3 is 6.03 Å². The third-order valence-corrected chi connectivity index (χ3v) is 6.56. The minimum atomic E-state index is -0.679. The number of rotatable bonds is 6. The van der Waals surface area contributed by atoms with Gasteiger partial charge in [0.1, 0.15) is 18.3 Å². The molecule has 2 saturated heterocycles. The molecule has 2 N–H and O–H groups in total. The average molecular weight is 462 g/mol. The maximum atomic E-state index is 12.9. The summed E-state index contributed by atoms with van der Waals surface area (Å²) < 4.78 is 5.44. The molecule has 2 aliphatic rings. The Morgan fingerprint density at radius 3 is 2.56 bits per heavy atom. The number of para-hydroxylation sites is 3. The molecule has 0 saturated carbocycles. The average Bonchev–Trinajstić information content (AvgIpc) is 3.40. The minimum Gasteiger partial charge on any atom is -0.495 e. The van der Waals surface area contributed by atoms with Gasteiger partial charge in [-0.15, -0.1) is 0 Å². The Bertz CT molecular complexity index is 1230. The second kappa shape index (κ2) is 9.09.